The van der Waals surface area contributed by atoms with Crippen LogP contribution in [0.4, 0.5) is 0 Å². The minimum Gasteiger partial charge on any atom is -0.478 e. The normalized spacial score (nSPS) is 13.6. The first-order valence-corrected chi connectivity index (χ1v) is 6.65. The molecule has 0 unspecified atom stereocenters. The van der Waals surface area contributed by atoms with Gasteiger partial charge < -0.3 is 5.11 Å². The van der Waals surface area contributed by atoms with Gasteiger partial charge in [-0.1, -0.05) is 42.0 Å². The predicted octanol–water partition coefficient (Wildman–Crippen LogP) is 3.80. The van der Waals surface area contributed by atoms with Crippen molar-refractivity contribution in [1.29, 1.82) is 0 Å². The number of carbonyl (C=O) groups is 1. The van der Waals surface area contributed by atoms with Gasteiger partial charge in [-0.15, -0.1) is 0 Å². The second kappa shape index (κ2) is 4.93. The number of aryl methyl sites for hydroxylation is 1. The molecule has 3 nitrogen and oxygen atoms in total. The maximum atomic E-state index is 11.5. The summed E-state index contributed by atoms with van der Waals surface area (Å²) in [6.45, 7) is 2.03. The van der Waals surface area contributed by atoms with Crippen LogP contribution in [0.5, 0.6) is 0 Å². The van der Waals surface area contributed by atoms with Gasteiger partial charge in [0.05, 0.1) is 11.3 Å². The van der Waals surface area contributed by atoms with Gasteiger partial charge in [0.15, 0.2) is 0 Å². The van der Waals surface area contributed by atoms with Gasteiger partial charge in [0, 0.05) is 16.8 Å². The lowest BCUT2D eigenvalue weighted by Crippen LogP contribution is -2.09. The molecule has 20 heavy (non-hydrogen) atoms. The van der Waals surface area contributed by atoms with Crippen molar-refractivity contribution in [2.75, 3.05) is 0 Å². The average molecular weight is 265 g/mol. The number of carboxylic acid groups (broad SMARTS) is 1. The van der Waals surface area contributed by atoms with Gasteiger partial charge in [0.1, 0.15) is 0 Å². The summed E-state index contributed by atoms with van der Waals surface area (Å²) in [7, 11) is 0. The highest BCUT2D eigenvalue weighted by Gasteiger charge is 2.19. The molecule has 3 rings (SSSR count). The fourth-order valence-corrected chi connectivity index (χ4v) is 2.53. The number of pyridine rings is 1. The van der Waals surface area contributed by atoms with E-state index in [2.05, 4.69) is 4.98 Å². The van der Waals surface area contributed by atoms with E-state index in [0.29, 0.717) is 5.56 Å². The Morgan fingerprint density at radius 2 is 1.95 bits per heavy atom. The number of hydrogen-bond acceptors (Lipinski definition) is 2. The Hall–Kier alpha value is -2.42. The van der Waals surface area contributed by atoms with Crippen LogP contribution >= 0.6 is 0 Å². The van der Waals surface area contributed by atoms with E-state index in [-0.39, 0.29) is 0 Å². The summed E-state index contributed by atoms with van der Waals surface area (Å²) in [5, 5.41) is 9.44. The number of rotatable bonds is 2. The Kier molecular flexibility index (Phi) is 3.11. The molecule has 0 fully saturated rings. The summed E-state index contributed by atoms with van der Waals surface area (Å²) >= 11 is 0. The van der Waals surface area contributed by atoms with E-state index in [0.717, 1.165) is 35.4 Å². The quantitative estimate of drug-likeness (QED) is 0.898. The van der Waals surface area contributed by atoms with Crippen LogP contribution in [-0.2, 0) is 6.42 Å². The van der Waals surface area contributed by atoms with Gasteiger partial charge in [-0.05, 0) is 25.8 Å². The monoisotopic (exact) mass is 265 g/mol. The number of fused-ring (bicyclic) bond motifs is 1. The third-order valence-corrected chi connectivity index (χ3v) is 3.58. The molecule has 0 saturated carbocycles. The second-order valence-electron chi connectivity index (χ2n) is 5.08. The van der Waals surface area contributed by atoms with Crippen LogP contribution in [0.2, 0.25) is 0 Å². The summed E-state index contributed by atoms with van der Waals surface area (Å²) in [5.41, 5.74) is 4.87. The molecule has 1 N–H and O–H groups in total. The molecule has 1 aromatic carbocycles. The molecule has 0 saturated heterocycles. The largest absolute Gasteiger partial charge is 0.478 e. The van der Waals surface area contributed by atoms with E-state index in [4.69, 9.17) is 0 Å². The van der Waals surface area contributed by atoms with Crippen molar-refractivity contribution in [2.24, 2.45) is 0 Å². The third kappa shape index (κ3) is 2.23. The van der Waals surface area contributed by atoms with Crippen molar-refractivity contribution in [3.05, 3.63) is 58.8 Å². The maximum absolute atomic E-state index is 11.5. The highest BCUT2D eigenvalue weighted by Crippen LogP contribution is 2.29. The topological polar surface area (TPSA) is 50.2 Å². The van der Waals surface area contributed by atoms with Gasteiger partial charge in [-0.25, -0.2) is 4.79 Å². The molecule has 0 bridgehead atoms. The molecule has 1 aromatic heterocycles. The zero-order valence-corrected chi connectivity index (χ0v) is 11.3. The molecule has 0 radical (unpaired) electrons. The summed E-state index contributed by atoms with van der Waals surface area (Å²) < 4.78 is 0. The zero-order chi connectivity index (χ0) is 14.1. The number of nitrogens with zero attached hydrogens (tertiary/aromatic N) is 1. The summed E-state index contributed by atoms with van der Waals surface area (Å²) in [6.07, 6.45) is 3.69. The van der Waals surface area contributed by atoms with Gasteiger partial charge in [-0.3, -0.25) is 4.98 Å². The first kappa shape index (κ1) is 12.6. The number of carboxylic acids is 1. The standard InChI is InChI=1S/C17H15NO2/c1-11-7-8-15-13(9-11)14(17(19)20)10-16(18-15)12-5-3-2-4-6-12/h2-6,9-10H,7-8H2,1H3,(H,19,20). The highest BCUT2D eigenvalue weighted by molar-refractivity contribution is 5.94. The van der Waals surface area contributed by atoms with Gasteiger partial charge >= 0.3 is 5.97 Å². The molecule has 100 valence electrons. The molecule has 1 aliphatic rings. The van der Waals surface area contributed by atoms with Crippen LogP contribution in [0.3, 0.4) is 0 Å². The Balaban J connectivity index is 2.21. The van der Waals surface area contributed by atoms with Crippen molar-refractivity contribution in [2.45, 2.75) is 19.8 Å². The van der Waals surface area contributed by atoms with Gasteiger partial charge in [0.2, 0.25) is 0 Å². The van der Waals surface area contributed by atoms with Crippen molar-refractivity contribution in [3.63, 3.8) is 0 Å². The Labute approximate surface area is 117 Å². The second-order valence-corrected chi connectivity index (χ2v) is 5.08. The highest BCUT2D eigenvalue weighted by atomic mass is 16.4. The lowest BCUT2D eigenvalue weighted by Gasteiger charge is -2.17. The molecular formula is C17H15NO2. The molecular weight excluding hydrogens is 250 g/mol. The van der Waals surface area contributed by atoms with E-state index >= 15 is 0 Å². The molecule has 0 aliphatic heterocycles. The van der Waals surface area contributed by atoms with E-state index in [1.807, 2.05) is 43.3 Å². The van der Waals surface area contributed by atoms with Crippen LogP contribution in [0.15, 0.2) is 42.0 Å². The van der Waals surface area contributed by atoms with E-state index < -0.39 is 5.97 Å². The fourth-order valence-electron chi connectivity index (χ4n) is 2.53. The van der Waals surface area contributed by atoms with Crippen molar-refractivity contribution in [1.82, 2.24) is 4.98 Å². The lowest BCUT2D eigenvalue weighted by molar-refractivity contribution is 0.0696. The average Bonchev–Trinajstić information content (AvgIpc) is 2.47. The molecule has 3 heteroatoms. The van der Waals surface area contributed by atoms with E-state index in [1.54, 1.807) is 6.07 Å². The van der Waals surface area contributed by atoms with Gasteiger partial charge in [0.25, 0.3) is 0 Å². The predicted molar refractivity (Wildman–Crippen MR) is 78.6 cm³/mol. The minimum absolute atomic E-state index is 0.341. The first-order valence-electron chi connectivity index (χ1n) is 6.65. The molecule has 2 aromatic rings. The van der Waals surface area contributed by atoms with Crippen LogP contribution in [-0.4, -0.2) is 16.1 Å². The van der Waals surface area contributed by atoms with Crippen molar-refractivity contribution >= 4 is 12.0 Å². The Morgan fingerprint density at radius 1 is 1.20 bits per heavy atom. The number of benzene rings is 1. The van der Waals surface area contributed by atoms with Crippen LogP contribution < -0.4 is 0 Å². The first-order chi connectivity index (χ1) is 9.65. The van der Waals surface area contributed by atoms with Crippen LogP contribution in [0.1, 0.15) is 35.0 Å². The number of hydrogen-bond donors (Lipinski definition) is 1. The molecule has 0 spiro atoms. The van der Waals surface area contributed by atoms with Crippen molar-refractivity contribution < 1.29 is 9.90 Å². The maximum Gasteiger partial charge on any atom is 0.336 e. The zero-order valence-electron chi connectivity index (χ0n) is 11.3. The minimum atomic E-state index is -0.896. The smallest absolute Gasteiger partial charge is 0.336 e. The molecule has 1 aliphatic carbocycles. The summed E-state index contributed by atoms with van der Waals surface area (Å²) in [4.78, 5) is 16.2. The van der Waals surface area contributed by atoms with Crippen LogP contribution in [0, 0.1) is 0 Å². The Bertz CT molecular complexity index is 702. The SMILES string of the molecule is CC1=Cc2c(C(=O)O)cc(-c3ccccc3)nc2CC1. The lowest BCUT2D eigenvalue weighted by atomic mass is 9.92. The van der Waals surface area contributed by atoms with E-state index in [9.17, 15) is 9.90 Å². The van der Waals surface area contributed by atoms with Gasteiger partial charge in [-0.2, -0.15) is 0 Å². The molecule has 0 atom stereocenters. The Morgan fingerprint density at radius 3 is 2.65 bits per heavy atom. The van der Waals surface area contributed by atoms with Crippen LogP contribution in [0.25, 0.3) is 17.3 Å². The molecule has 0 amide bonds. The molecule has 1 heterocycles. The fraction of sp³-hybridized carbons (Fsp3) is 0.176. The van der Waals surface area contributed by atoms with E-state index in [1.165, 1.54) is 5.57 Å². The number of aromatic carboxylic acids is 1. The third-order valence-electron chi connectivity index (χ3n) is 3.58. The van der Waals surface area contributed by atoms with Crippen molar-refractivity contribution in [3.8, 4) is 11.3 Å². The summed E-state index contributed by atoms with van der Waals surface area (Å²) in [6, 6.07) is 11.4. The number of aromatic nitrogens is 1. The summed E-state index contributed by atoms with van der Waals surface area (Å²) in [5.74, 6) is -0.896. The number of allylic oxidation sites excluding steroid dienone is 1.